The van der Waals surface area contributed by atoms with Crippen molar-refractivity contribution in [2.24, 2.45) is 0 Å². The van der Waals surface area contributed by atoms with Crippen LogP contribution in [0.25, 0.3) is 0 Å². The van der Waals surface area contributed by atoms with Crippen molar-refractivity contribution in [2.75, 3.05) is 25.8 Å². The molecular formula is C6H13NO2S2. The minimum absolute atomic E-state index is 0.283. The highest BCUT2D eigenvalue weighted by atomic mass is 33.1. The molecule has 0 aliphatic heterocycles. The normalized spacial score (nSPS) is 9.36. The third kappa shape index (κ3) is 5.26. The molecule has 0 aromatic rings. The van der Waals surface area contributed by atoms with Crippen molar-refractivity contribution in [3.63, 3.8) is 0 Å². The number of ether oxygens (including phenoxy) is 1. The summed E-state index contributed by atoms with van der Waals surface area (Å²) in [5, 5.41) is 0. The summed E-state index contributed by atoms with van der Waals surface area (Å²) < 4.78 is 4.51. The van der Waals surface area contributed by atoms with Gasteiger partial charge in [0.1, 0.15) is 0 Å². The standard InChI is InChI=1S/C6H13NO2S2/c1-4-10-11-5-7(2)6(8)9-3/h4-5H2,1-3H3. The van der Waals surface area contributed by atoms with Crippen LogP contribution in [-0.2, 0) is 4.74 Å². The van der Waals surface area contributed by atoms with Crippen LogP contribution in [0.1, 0.15) is 6.92 Å². The van der Waals surface area contributed by atoms with Crippen molar-refractivity contribution in [1.29, 1.82) is 0 Å². The Kier molecular flexibility index (Phi) is 6.65. The monoisotopic (exact) mass is 195 g/mol. The molecule has 0 aliphatic carbocycles. The van der Waals surface area contributed by atoms with Crippen molar-refractivity contribution in [1.82, 2.24) is 4.90 Å². The number of carbonyl (C=O) groups is 1. The van der Waals surface area contributed by atoms with E-state index in [4.69, 9.17) is 0 Å². The Hall–Kier alpha value is -0.0300. The molecule has 5 heteroatoms. The van der Waals surface area contributed by atoms with Gasteiger partial charge in [-0.2, -0.15) is 0 Å². The molecular weight excluding hydrogens is 182 g/mol. The van der Waals surface area contributed by atoms with Crippen LogP contribution >= 0.6 is 21.6 Å². The molecule has 0 radical (unpaired) electrons. The van der Waals surface area contributed by atoms with Crippen LogP contribution < -0.4 is 0 Å². The van der Waals surface area contributed by atoms with Gasteiger partial charge < -0.3 is 9.64 Å². The number of hydrogen-bond acceptors (Lipinski definition) is 4. The molecule has 0 spiro atoms. The summed E-state index contributed by atoms with van der Waals surface area (Å²) in [6, 6.07) is 0. The minimum atomic E-state index is -0.283. The van der Waals surface area contributed by atoms with E-state index in [-0.39, 0.29) is 6.09 Å². The molecule has 3 nitrogen and oxygen atoms in total. The predicted octanol–water partition coefficient (Wildman–Crippen LogP) is 2.04. The summed E-state index contributed by atoms with van der Waals surface area (Å²) in [6.45, 7) is 2.08. The molecule has 0 saturated heterocycles. The largest absolute Gasteiger partial charge is 0.453 e. The van der Waals surface area contributed by atoms with E-state index in [1.807, 2.05) is 0 Å². The second-order valence-electron chi connectivity index (χ2n) is 1.82. The van der Waals surface area contributed by atoms with E-state index in [2.05, 4.69) is 11.7 Å². The molecule has 0 unspecified atom stereocenters. The van der Waals surface area contributed by atoms with Crippen molar-refractivity contribution < 1.29 is 9.53 Å². The van der Waals surface area contributed by atoms with E-state index >= 15 is 0 Å². The first kappa shape index (κ1) is 11.0. The molecule has 0 fully saturated rings. The van der Waals surface area contributed by atoms with Gasteiger partial charge in [0.25, 0.3) is 0 Å². The molecule has 0 rings (SSSR count). The van der Waals surface area contributed by atoms with Crippen LogP contribution in [0.2, 0.25) is 0 Å². The first-order valence-electron chi connectivity index (χ1n) is 3.25. The van der Waals surface area contributed by atoms with Crippen LogP contribution in [0.3, 0.4) is 0 Å². The van der Waals surface area contributed by atoms with Gasteiger partial charge in [-0.1, -0.05) is 28.5 Å². The van der Waals surface area contributed by atoms with Gasteiger partial charge in [0.2, 0.25) is 0 Å². The third-order valence-electron chi connectivity index (χ3n) is 0.934. The number of carbonyl (C=O) groups excluding carboxylic acids is 1. The molecule has 0 aromatic heterocycles. The van der Waals surface area contributed by atoms with Gasteiger partial charge >= 0.3 is 6.09 Å². The molecule has 0 atom stereocenters. The molecule has 0 N–H and O–H groups in total. The Morgan fingerprint density at radius 1 is 1.55 bits per heavy atom. The summed E-state index contributed by atoms with van der Waals surface area (Å²) >= 11 is 0. The van der Waals surface area contributed by atoms with Gasteiger partial charge in [-0.25, -0.2) is 4.79 Å². The van der Waals surface area contributed by atoms with E-state index in [9.17, 15) is 4.79 Å². The van der Waals surface area contributed by atoms with E-state index in [0.717, 1.165) is 5.75 Å². The van der Waals surface area contributed by atoms with Crippen molar-refractivity contribution in [3.8, 4) is 0 Å². The van der Waals surface area contributed by atoms with Gasteiger partial charge in [-0.15, -0.1) is 0 Å². The Bertz CT molecular complexity index is 121. The van der Waals surface area contributed by atoms with E-state index in [1.165, 1.54) is 12.0 Å². The summed E-state index contributed by atoms with van der Waals surface area (Å²) in [4.78, 5) is 12.3. The number of hydrogen-bond donors (Lipinski definition) is 0. The molecule has 0 heterocycles. The third-order valence-corrected chi connectivity index (χ3v) is 3.35. The molecule has 0 aliphatic rings. The summed E-state index contributed by atoms with van der Waals surface area (Å²) in [6.07, 6.45) is -0.283. The lowest BCUT2D eigenvalue weighted by atomic mass is 10.9. The van der Waals surface area contributed by atoms with Crippen LogP contribution in [-0.4, -0.2) is 36.8 Å². The van der Waals surface area contributed by atoms with Gasteiger partial charge in [0, 0.05) is 12.8 Å². The average Bonchev–Trinajstić information content (AvgIpc) is 2.03. The van der Waals surface area contributed by atoms with Crippen LogP contribution in [0.4, 0.5) is 4.79 Å². The Morgan fingerprint density at radius 2 is 2.18 bits per heavy atom. The molecule has 0 aromatic carbocycles. The zero-order valence-electron chi connectivity index (χ0n) is 6.99. The second kappa shape index (κ2) is 6.67. The second-order valence-corrected chi connectivity index (χ2v) is 4.54. The fraction of sp³-hybridized carbons (Fsp3) is 0.833. The fourth-order valence-electron chi connectivity index (χ4n) is 0.408. The van der Waals surface area contributed by atoms with Gasteiger partial charge in [-0.05, 0) is 0 Å². The molecule has 66 valence electrons. The first-order valence-corrected chi connectivity index (χ1v) is 5.74. The SMILES string of the molecule is CCSSCN(C)C(=O)OC. The number of amides is 1. The van der Waals surface area contributed by atoms with Gasteiger partial charge in [-0.3, -0.25) is 0 Å². The molecule has 0 bridgehead atoms. The topological polar surface area (TPSA) is 29.5 Å². The highest BCUT2D eigenvalue weighted by Crippen LogP contribution is 2.20. The van der Waals surface area contributed by atoms with E-state index in [1.54, 1.807) is 28.6 Å². The Balaban J connectivity index is 3.36. The van der Waals surface area contributed by atoms with Crippen LogP contribution in [0, 0.1) is 0 Å². The van der Waals surface area contributed by atoms with Crippen molar-refractivity contribution in [3.05, 3.63) is 0 Å². The first-order chi connectivity index (χ1) is 5.22. The summed E-state index contributed by atoms with van der Waals surface area (Å²) in [5.41, 5.74) is 0. The maximum Gasteiger partial charge on any atom is 0.409 e. The van der Waals surface area contributed by atoms with E-state index < -0.39 is 0 Å². The minimum Gasteiger partial charge on any atom is -0.453 e. The predicted molar refractivity (Wildman–Crippen MR) is 50.8 cm³/mol. The number of nitrogens with zero attached hydrogens (tertiary/aromatic N) is 1. The Morgan fingerprint density at radius 3 is 2.64 bits per heavy atom. The van der Waals surface area contributed by atoms with E-state index in [0.29, 0.717) is 5.88 Å². The lowest BCUT2D eigenvalue weighted by Gasteiger charge is -2.13. The van der Waals surface area contributed by atoms with Crippen molar-refractivity contribution >= 4 is 27.7 Å². The molecule has 1 amide bonds. The smallest absolute Gasteiger partial charge is 0.409 e. The van der Waals surface area contributed by atoms with Gasteiger partial charge in [0.15, 0.2) is 0 Å². The summed E-state index contributed by atoms with van der Waals surface area (Å²) in [5.74, 6) is 1.73. The number of rotatable bonds is 4. The maximum absolute atomic E-state index is 10.8. The molecule has 0 saturated carbocycles. The zero-order chi connectivity index (χ0) is 8.69. The lowest BCUT2D eigenvalue weighted by Crippen LogP contribution is -2.25. The molecule has 11 heavy (non-hydrogen) atoms. The maximum atomic E-state index is 10.8. The summed E-state index contributed by atoms with van der Waals surface area (Å²) in [7, 11) is 6.48. The zero-order valence-corrected chi connectivity index (χ0v) is 8.63. The fourth-order valence-corrected chi connectivity index (χ4v) is 2.11. The quantitative estimate of drug-likeness (QED) is 0.390. The number of methoxy groups -OCH3 is 1. The van der Waals surface area contributed by atoms with Gasteiger partial charge in [0.05, 0.1) is 13.0 Å². The lowest BCUT2D eigenvalue weighted by molar-refractivity contribution is 0.140. The van der Waals surface area contributed by atoms with Crippen LogP contribution in [0.15, 0.2) is 0 Å². The highest BCUT2D eigenvalue weighted by Gasteiger charge is 2.06. The Labute approximate surface area is 75.2 Å². The van der Waals surface area contributed by atoms with Crippen molar-refractivity contribution in [2.45, 2.75) is 6.92 Å². The van der Waals surface area contributed by atoms with Crippen LogP contribution in [0.5, 0.6) is 0 Å². The average molecular weight is 195 g/mol. The highest BCUT2D eigenvalue weighted by molar-refractivity contribution is 8.76.